The molecule has 0 saturated heterocycles. The molecule has 0 fully saturated rings. The summed E-state index contributed by atoms with van der Waals surface area (Å²) < 4.78 is 0. The first kappa shape index (κ1) is 9.49. The molecule has 0 amide bonds. The van der Waals surface area contributed by atoms with Crippen molar-refractivity contribution in [1.29, 1.82) is 5.26 Å². The number of pyridine rings is 1. The van der Waals surface area contributed by atoms with Gasteiger partial charge in [-0.2, -0.15) is 5.26 Å². The van der Waals surface area contributed by atoms with E-state index in [9.17, 15) is 0 Å². The molecule has 2 N–H and O–H groups in total. The molecule has 4 nitrogen and oxygen atoms in total. The minimum Gasteiger partial charge on any atom is -0.392 e. The largest absolute Gasteiger partial charge is 0.392 e. The lowest BCUT2D eigenvalue weighted by molar-refractivity contribution is 0.208. The lowest BCUT2D eigenvalue weighted by atomic mass is 10.3. The summed E-state index contributed by atoms with van der Waals surface area (Å²) in [5.74, 6) is 0. The number of hydrogen-bond donors (Lipinski definition) is 2. The van der Waals surface area contributed by atoms with Crippen molar-refractivity contribution in [2.45, 2.75) is 13.0 Å². The van der Waals surface area contributed by atoms with Crippen LogP contribution in [-0.4, -0.2) is 22.7 Å². The molecule has 0 aliphatic rings. The Morgan fingerprint density at radius 3 is 3.15 bits per heavy atom. The molecule has 1 atom stereocenters. The molecule has 13 heavy (non-hydrogen) atoms. The van der Waals surface area contributed by atoms with Crippen LogP contribution in [0.1, 0.15) is 12.6 Å². The van der Waals surface area contributed by atoms with Gasteiger partial charge in [0.15, 0.2) is 0 Å². The van der Waals surface area contributed by atoms with Crippen molar-refractivity contribution < 1.29 is 5.11 Å². The van der Waals surface area contributed by atoms with Crippen LogP contribution in [0.2, 0.25) is 0 Å². The smallest absolute Gasteiger partial charge is 0.142 e. The normalized spacial score (nSPS) is 11.8. The van der Waals surface area contributed by atoms with Crippen LogP contribution in [0.15, 0.2) is 18.3 Å². The molecule has 0 aliphatic carbocycles. The zero-order chi connectivity index (χ0) is 9.68. The zero-order valence-corrected chi connectivity index (χ0v) is 7.36. The average Bonchev–Trinajstić information content (AvgIpc) is 2.15. The fourth-order valence-corrected chi connectivity index (χ4v) is 0.867. The Labute approximate surface area is 76.8 Å². The summed E-state index contributed by atoms with van der Waals surface area (Å²) in [6.07, 6.45) is 1.15. The summed E-state index contributed by atoms with van der Waals surface area (Å²) in [6.45, 7) is 2.16. The third-order valence-corrected chi connectivity index (χ3v) is 1.48. The van der Waals surface area contributed by atoms with Gasteiger partial charge in [-0.3, -0.25) is 0 Å². The highest BCUT2D eigenvalue weighted by Crippen LogP contribution is 2.06. The van der Waals surface area contributed by atoms with Gasteiger partial charge >= 0.3 is 0 Å². The summed E-state index contributed by atoms with van der Waals surface area (Å²) in [7, 11) is 0. The van der Waals surface area contributed by atoms with Crippen molar-refractivity contribution >= 4 is 5.69 Å². The third-order valence-electron chi connectivity index (χ3n) is 1.48. The zero-order valence-electron chi connectivity index (χ0n) is 7.36. The summed E-state index contributed by atoms with van der Waals surface area (Å²) in [4.78, 5) is 3.82. The Bertz CT molecular complexity index is 317. The second kappa shape index (κ2) is 4.43. The molecule has 0 spiro atoms. The Hall–Kier alpha value is -1.60. The highest BCUT2D eigenvalue weighted by atomic mass is 16.3. The number of aromatic nitrogens is 1. The first-order valence-corrected chi connectivity index (χ1v) is 4.00. The number of rotatable bonds is 3. The van der Waals surface area contributed by atoms with Crippen molar-refractivity contribution in [3.63, 3.8) is 0 Å². The summed E-state index contributed by atoms with van der Waals surface area (Å²) in [5, 5.41) is 20.5. The van der Waals surface area contributed by atoms with Gasteiger partial charge in [-0.05, 0) is 19.1 Å². The Balaban J connectivity index is 2.63. The highest BCUT2D eigenvalue weighted by molar-refractivity contribution is 5.45. The Morgan fingerprint density at radius 2 is 2.54 bits per heavy atom. The molecule has 4 heteroatoms. The molecule has 1 aromatic rings. The number of aliphatic hydroxyl groups is 1. The quantitative estimate of drug-likeness (QED) is 0.714. The van der Waals surface area contributed by atoms with E-state index in [4.69, 9.17) is 10.4 Å². The van der Waals surface area contributed by atoms with Gasteiger partial charge in [-0.1, -0.05) is 0 Å². The number of hydrogen-bond acceptors (Lipinski definition) is 4. The van der Waals surface area contributed by atoms with Gasteiger partial charge in [-0.25, -0.2) is 4.98 Å². The molecule has 0 unspecified atom stereocenters. The van der Waals surface area contributed by atoms with E-state index in [1.807, 2.05) is 6.07 Å². The molecular formula is C9H11N3O. The molecule has 0 radical (unpaired) electrons. The van der Waals surface area contributed by atoms with Crippen molar-refractivity contribution in [2.24, 2.45) is 0 Å². The molecule has 1 rings (SSSR count). The number of nitriles is 1. The van der Waals surface area contributed by atoms with E-state index in [2.05, 4.69) is 10.3 Å². The summed E-state index contributed by atoms with van der Waals surface area (Å²) in [5.41, 5.74) is 1.17. The molecule has 0 aliphatic heterocycles. The molecule has 1 heterocycles. The van der Waals surface area contributed by atoms with Crippen LogP contribution in [0, 0.1) is 11.3 Å². The SMILES string of the molecule is C[C@H](O)CNc1ccnc(C#N)c1. The maximum Gasteiger partial charge on any atom is 0.142 e. The van der Waals surface area contributed by atoms with Crippen molar-refractivity contribution in [3.05, 3.63) is 24.0 Å². The lowest BCUT2D eigenvalue weighted by Crippen LogP contribution is -2.15. The van der Waals surface area contributed by atoms with Crippen LogP contribution in [0.5, 0.6) is 0 Å². The van der Waals surface area contributed by atoms with E-state index in [1.165, 1.54) is 0 Å². The Morgan fingerprint density at radius 1 is 1.77 bits per heavy atom. The minimum absolute atomic E-state index is 0.371. The van der Waals surface area contributed by atoms with Crippen LogP contribution in [0.4, 0.5) is 5.69 Å². The maximum absolute atomic E-state index is 9.00. The fourth-order valence-electron chi connectivity index (χ4n) is 0.867. The molecule has 68 valence electrons. The van der Waals surface area contributed by atoms with E-state index < -0.39 is 6.10 Å². The standard InChI is InChI=1S/C9H11N3O/c1-7(13)6-12-8-2-3-11-9(4-8)5-10/h2-4,7,13H,6H2,1H3,(H,11,12)/t7-/m0/s1. The highest BCUT2D eigenvalue weighted by Gasteiger charge is 1.97. The number of aliphatic hydroxyl groups excluding tert-OH is 1. The van der Waals surface area contributed by atoms with Crippen molar-refractivity contribution in [2.75, 3.05) is 11.9 Å². The van der Waals surface area contributed by atoms with Crippen LogP contribution >= 0.6 is 0 Å². The van der Waals surface area contributed by atoms with Gasteiger partial charge in [0, 0.05) is 18.4 Å². The summed E-state index contributed by atoms with van der Waals surface area (Å²) >= 11 is 0. The third kappa shape index (κ3) is 3.09. The van der Waals surface area contributed by atoms with Crippen molar-refractivity contribution in [3.8, 4) is 6.07 Å². The maximum atomic E-state index is 9.00. The molecule has 0 bridgehead atoms. The second-order valence-corrected chi connectivity index (χ2v) is 2.77. The van der Waals surface area contributed by atoms with Gasteiger partial charge in [0.05, 0.1) is 6.10 Å². The van der Waals surface area contributed by atoms with E-state index in [0.717, 1.165) is 5.69 Å². The predicted octanol–water partition coefficient (Wildman–Crippen LogP) is 0.746. The van der Waals surface area contributed by atoms with Crippen molar-refractivity contribution in [1.82, 2.24) is 4.98 Å². The molecule has 1 aromatic heterocycles. The first-order chi connectivity index (χ1) is 6.22. The minimum atomic E-state index is -0.404. The topological polar surface area (TPSA) is 68.9 Å². The van der Waals surface area contributed by atoms with Gasteiger partial charge in [-0.15, -0.1) is 0 Å². The predicted molar refractivity (Wildman–Crippen MR) is 49.1 cm³/mol. The molecular weight excluding hydrogens is 166 g/mol. The fraction of sp³-hybridized carbons (Fsp3) is 0.333. The van der Waals surface area contributed by atoms with E-state index in [0.29, 0.717) is 12.2 Å². The van der Waals surface area contributed by atoms with Gasteiger partial charge < -0.3 is 10.4 Å². The summed E-state index contributed by atoms with van der Waals surface area (Å²) in [6, 6.07) is 5.34. The average molecular weight is 177 g/mol. The Kier molecular flexibility index (Phi) is 3.23. The van der Waals surface area contributed by atoms with Gasteiger partial charge in [0.2, 0.25) is 0 Å². The van der Waals surface area contributed by atoms with Crippen LogP contribution in [0.25, 0.3) is 0 Å². The first-order valence-electron chi connectivity index (χ1n) is 4.00. The molecule has 0 saturated carbocycles. The number of anilines is 1. The van der Waals surface area contributed by atoms with E-state index >= 15 is 0 Å². The van der Waals surface area contributed by atoms with Gasteiger partial charge in [0.1, 0.15) is 11.8 Å². The number of nitrogens with zero attached hydrogens (tertiary/aromatic N) is 2. The lowest BCUT2D eigenvalue weighted by Gasteiger charge is -2.07. The van der Waals surface area contributed by atoms with E-state index in [1.54, 1.807) is 25.3 Å². The molecule has 0 aromatic carbocycles. The second-order valence-electron chi connectivity index (χ2n) is 2.77. The van der Waals surface area contributed by atoms with Crippen LogP contribution < -0.4 is 5.32 Å². The van der Waals surface area contributed by atoms with Gasteiger partial charge in [0.25, 0.3) is 0 Å². The monoisotopic (exact) mass is 177 g/mol. The van der Waals surface area contributed by atoms with Crippen LogP contribution in [0.3, 0.4) is 0 Å². The van der Waals surface area contributed by atoms with Crippen LogP contribution in [-0.2, 0) is 0 Å². The van der Waals surface area contributed by atoms with E-state index in [-0.39, 0.29) is 0 Å². The number of nitrogens with one attached hydrogen (secondary N) is 1.